The molecule has 0 spiro atoms. The Morgan fingerprint density at radius 1 is 1.20 bits per heavy atom. The molecule has 0 radical (unpaired) electrons. The first-order valence-electron chi connectivity index (χ1n) is 5.99. The molecule has 0 unspecified atom stereocenters. The van der Waals surface area contributed by atoms with Crippen LogP contribution in [-0.4, -0.2) is 8.42 Å². The first kappa shape index (κ1) is 14.8. The van der Waals surface area contributed by atoms with E-state index < -0.39 is 10.0 Å². The molecule has 106 valence electrons. The smallest absolute Gasteiger partial charge is 0.241 e. The van der Waals surface area contributed by atoms with Crippen molar-refractivity contribution in [3.63, 3.8) is 0 Å². The molecule has 0 saturated carbocycles. The van der Waals surface area contributed by atoms with Crippen LogP contribution in [0.15, 0.2) is 47.4 Å². The van der Waals surface area contributed by atoms with Gasteiger partial charge in [-0.2, -0.15) is 0 Å². The first-order valence-corrected chi connectivity index (χ1v) is 7.85. The van der Waals surface area contributed by atoms with Crippen molar-refractivity contribution in [3.05, 3.63) is 58.6 Å². The van der Waals surface area contributed by atoms with Crippen LogP contribution < -0.4 is 10.5 Å². The summed E-state index contributed by atoms with van der Waals surface area (Å²) in [6, 6.07) is 11.8. The summed E-state index contributed by atoms with van der Waals surface area (Å²) in [6.07, 6.45) is 0. The fourth-order valence-corrected chi connectivity index (χ4v) is 3.33. The third kappa shape index (κ3) is 3.50. The van der Waals surface area contributed by atoms with Crippen LogP contribution in [0.5, 0.6) is 0 Å². The zero-order chi connectivity index (χ0) is 14.8. The second-order valence-electron chi connectivity index (χ2n) is 4.48. The van der Waals surface area contributed by atoms with Gasteiger partial charge in [-0.25, -0.2) is 13.1 Å². The summed E-state index contributed by atoms with van der Waals surface area (Å²) in [7, 11) is -3.57. The standard InChI is InChI=1S/C14H15ClN2O2S/c1-10-7-13(16)5-6-14(10)20(18,19)17-9-11-3-2-4-12(15)8-11/h2-8,17H,9,16H2,1H3. The molecule has 0 aromatic heterocycles. The molecule has 4 nitrogen and oxygen atoms in total. The molecule has 0 amide bonds. The maximum atomic E-state index is 12.2. The molecule has 0 heterocycles. The third-order valence-corrected chi connectivity index (χ3v) is 4.64. The van der Waals surface area contributed by atoms with E-state index in [4.69, 9.17) is 17.3 Å². The molecule has 0 aliphatic rings. The molecule has 0 atom stereocenters. The second kappa shape index (κ2) is 5.83. The summed E-state index contributed by atoms with van der Waals surface area (Å²) in [5.74, 6) is 0. The highest BCUT2D eigenvalue weighted by molar-refractivity contribution is 7.89. The number of nitrogen functional groups attached to an aromatic ring is 1. The molecule has 20 heavy (non-hydrogen) atoms. The molecule has 0 aliphatic carbocycles. The predicted octanol–water partition coefficient (Wildman–Crippen LogP) is 2.71. The summed E-state index contributed by atoms with van der Waals surface area (Å²) in [5.41, 5.74) is 7.58. The number of benzene rings is 2. The van der Waals surface area contributed by atoms with Crippen molar-refractivity contribution < 1.29 is 8.42 Å². The topological polar surface area (TPSA) is 72.2 Å². The van der Waals surface area contributed by atoms with Gasteiger partial charge in [-0.1, -0.05) is 23.7 Å². The van der Waals surface area contributed by atoms with E-state index >= 15 is 0 Å². The summed E-state index contributed by atoms with van der Waals surface area (Å²) in [6.45, 7) is 1.90. The van der Waals surface area contributed by atoms with E-state index in [9.17, 15) is 8.42 Å². The number of nitrogens with one attached hydrogen (secondary N) is 1. The highest BCUT2D eigenvalue weighted by Gasteiger charge is 2.16. The average molecular weight is 311 g/mol. The number of hydrogen-bond acceptors (Lipinski definition) is 3. The van der Waals surface area contributed by atoms with Gasteiger partial charge in [-0.05, 0) is 48.4 Å². The number of halogens is 1. The van der Waals surface area contributed by atoms with Crippen molar-refractivity contribution in [2.24, 2.45) is 0 Å². The Kier molecular flexibility index (Phi) is 4.32. The van der Waals surface area contributed by atoms with Crippen molar-refractivity contribution in [2.75, 3.05) is 5.73 Å². The summed E-state index contributed by atoms with van der Waals surface area (Å²) in [5, 5.41) is 0.574. The van der Waals surface area contributed by atoms with Crippen LogP contribution in [0, 0.1) is 6.92 Å². The van der Waals surface area contributed by atoms with E-state index in [1.165, 1.54) is 6.07 Å². The van der Waals surface area contributed by atoms with Gasteiger partial charge in [-0.3, -0.25) is 0 Å². The van der Waals surface area contributed by atoms with Crippen molar-refractivity contribution in [1.29, 1.82) is 0 Å². The Hall–Kier alpha value is -1.56. The number of sulfonamides is 1. The van der Waals surface area contributed by atoms with E-state index in [-0.39, 0.29) is 11.4 Å². The number of aryl methyl sites for hydroxylation is 1. The van der Waals surface area contributed by atoms with Crippen molar-refractivity contribution >= 4 is 27.3 Å². The molecule has 2 rings (SSSR count). The van der Waals surface area contributed by atoms with E-state index in [1.54, 1.807) is 37.3 Å². The van der Waals surface area contributed by atoms with Crippen molar-refractivity contribution in [2.45, 2.75) is 18.4 Å². The number of hydrogen-bond donors (Lipinski definition) is 2. The van der Waals surface area contributed by atoms with Crippen LogP contribution in [0.25, 0.3) is 0 Å². The molecule has 2 aromatic carbocycles. The zero-order valence-corrected chi connectivity index (χ0v) is 12.5. The minimum atomic E-state index is -3.57. The van der Waals surface area contributed by atoms with Gasteiger partial charge in [0, 0.05) is 17.3 Å². The lowest BCUT2D eigenvalue weighted by Gasteiger charge is -2.10. The lowest BCUT2D eigenvalue weighted by molar-refractivity contribution is 0.580. The Bertz CT molecular complexity index is 730. The number of rotatable bonds is 4. The van der Waals surface area contributed by atoms with Gasteiger partial charge in [0.15, 0.2) is 0 Å². The van der Waals surface area contributed by atoms with Gasteiger partial charge in [0.25, 0.3) is 0 Å². The summed E-state index contributed by atoms with van der Waals surface area (Å²) < 4.78 is 27.0. The van der Waals surface area contributed by atoms with Crippen molar-refractivity contribution in [1.82, 2.24) is 4.72 Å². The SMILES string of the molecule is Cc1cc(N)ccc1S(=O)(=O)NCc1cccc(Cl)c1. The Labute approximate surface area is 123 Å². The molecule has 3 N–H and O–H groups in total. The zero-order valence-electron chi connectivity index (χ0n) is 10.9. The Morgan fingerprint density at radius 2 is 1.95 bits per heavy atom. The highest BCUT2D eigenvalue weighted by Crippen LogP contribution is 2.18. The minimum Gasteiger partial charge on any atom is -0.399 e. The Morgan fingerprint density at radius 3 is 2.60 bits per heavy atom. The number of anilines is 1. The van der Waals surface area contributed by atoms with Crippen molar-refractivity contribution in [3.8, 4) is 0 Å². The quantitative estimate of drug-likeness (QED) is 0.853. The molecule has 2 aromatic rings. The third-order valence-electron chi connectivity index (χ3n) is 2.84. The first-order chi connectivity index (χ1) is 9.38. The lowest BCUT2D eigenvalue weighted by atomic mass is 10.2. The summed E-state index contributed by atoms with van der Waals surface area (Å²) >= 11 is 5.86. The summed E-state index contributed by atoms with van der Waals surface area (Å²) in [4.78, 5) is 0.230. The van der Waals surface area contributed by atoms with E-state index in [1.807, 2.05) is 6.07 Å². The number of nitrogens with two attached hydrogens (primary N) is 1. The average Bonchev–Trinajstić information content (AvgIpc) is 2.36. The van der Waals surface area contributed by atoms with Crippen LogP contribution in [0.3, 0.4) is 0 Å². The highest BCUT2D eigenvalue weighted by atomic mass is 35.5. The van der Waals surface area contributed by atoms with Gasteiger partial charge in [0.1, 0.15) is 0 Å². The van der Waals surface area contributed by atoms with Gasteiger partial charge >= 0.3 is 0 Å². The van der Waals surface area contributed by atoms with Crippen LogP contribution >= 0.6 is 11.6 Å². The maximum Gasteiger partial charge on any atom is 0.241 e. The molecule has 6 heteroatoms. The predicted molar refractivity (Wildman–Crippen MR) is 81.1 cm³/mol. The second-order valence-corrected chi connectivity index (χ2v) is 6.65. The van der Waals surface area contributed by atoms with Gasteiger partial charge < -0.3 is 5.73 Å². The van der Waals surface area contributed by atoms with Gasteiger partial charge in [0.05, 0.1) is 4.90 Å². The Balaban J connectivity index is 2.19. The van der Waals surface area contributed by atoms with Crippen LogP contribution in [0.4, 0.5) is 5.69 Å². The van der Waals surface area contributed by atoms with Crippen LogP contribution in [0.1, 0.15) is 11.1 Å². The van der Waals surface area contributed by atoms with Crippen LogP contribution in [-0.2, 0) is 16.6 Å². The van der Waals surface area contributed by atoms with Gasteiger partial charge in [0.2, 0.25) is 10.0 Å². The molecule has 0 aliphatic heterocycles. The fraction of sp³-hybridized carbons (Fsp3) is 0.143. The monoisotopic (exact) mass is 310 g/mol. The normalized spacial score (nSPS) is 11.5. The van der Waals surface area contributed by atoms with Gasteiger partial charge in [-0.15, -0.1) is 0 Å². The molecule has 0 bridgehead atoms. The minimum absolute atomic E-state index is 0.187. The maximum absolute atomic E-state index is 12.2. The molecule has 0 fully saturated rings. The molecule has 0 saturated heterocycles. The molecular formula is C14H15ClN2O2S. The van der Waals surface area contributed by atoms with E-state index in [0.717, 1.165) is 5.56 Å². The van der Waals surface area contributed by atoms with Crippen LogP contribution in [0.2, 0.25) is 5.02 Å². The lowest BCUT2D eigenvalue weighted by Crippen LogP contribution is -2.24. The van der Waals surface area contributed by atoms with E-state index in [0.29, 0.717) is 16.3 Å². The largest absolute Gasteiger partial charge is 0.399 e. The van der Waals surface area contributed by atoms with E-state index in [2.05, 4.69) is 4.72 Å². The molecular weight excluding hydrogens is 296 g/mol. The fourth-order valence-electron chi connectivity index (χ4n) is 1.88.